The second-order valence-corrected chi connectivity index (χ2v) is 4.30. The van der Waals surface area contributed by atoms with Gasteiger partial charge in [-0.1, -0.05) is 24.3 Å². The van der Waals surface area contributed by atoms with Crippen LogP contribution in [0.25, 0.3) is 0 Å². The monoisotopic (exact) mass is 217 g/mol. The van der Waals surface area contributed by atoms with E-state index in [2.05, 4.69) is 4.98 Å². The zero-order chi connectivity index (χ0) is 10.7. The maximum Gasteiger partial charge on any atom is 0.160 e. The van der Waals surface area contributed by atoms with Crippen molar-refractivity contribution in [2.24, 2.45) is 0 Å². The number of carbonyl (C=O) groups excluding carboxylic acids is 1. The molecule has 0 unspecified atom stereocenters. The standard InChI is InChI=1S/C12H11NOS/c1-9(14)11-5-3-2-4-10(11)8-12-13-6-7-15-12/h2-7H,8H2,1H3. The van der Waals surface area contributed by atoms with Gasteiger partial charge >= 0.3 is 0 Å². The van der Waals surface area contributed by atoms with E-state index in [-0.39, 0.29) is 5.78 Å². The summed E-state index contributed by atoms with van der Waals surface area (Å²) >= 11 is 1.62. The molecule has 0 spiro atoms. The van der Waals surface area contributed by atoms with Gasteiger partial charge in [0.1, 0.15) is 0 Å². The van der Waals surface area contributed by atoms with E-state index in [1.807, 2.05) is 29.6 Å². The lowest BCUT2D eigenvalue weighted by molar-refractivity contribution is 0.101. The molecule has 3 heteroatoms. The minimum absolute atomic E-state index is 0.113. The van der Waals surface area contributed by atoms with Crippen LogP contribution >= 0.6 is 11.3 Å². The van der Waals surface area contributed by atoms with E-state index in [0.29, 0.717) is 0 Å². The van der Waals surface area contributed by atoms with Gasteiger partial charge in [0, 0.05) is 23.6 Å². The summed E-state index contributed by atoms with van der Waals surface area (Å²) in [6.07, 6.45) is 2.53. The second kappa shape index (κ2) is 4.36. The first-order chi connectivity index (χ1) is 7.27. The van der Waals surface area contributed by atoms with Crippen LogP contribution in [0.5, 0.6) is 0 Å². The molecular weight excluding hydrogens is 206 g/mol. The highest BCUT2D eigenvalue weighted by molar-refractivity contribution is 7.09. The number of thiazole rings is 1. The van der Waals surface area contributed by atoms with Crippen LogP contribution in [0, 0.1) is 0 Å². The quantitative estimate of drug-likeness (QED) is 0.740. The minimum Gasteiger partial charge on any atom is -0.295 e. The summed E-state index contributed by atoms with van der Waals surface area (Å²) in [4.78, 5) is 15.6. The zero-order valence-corrected chi connectivity index (χ0v) is 9.25. The smallest absolute Gasteiger partial charge is 0.160 e. The Kier molecular flexibility index (Phi) is 2.92. The summed E-state index contributed by atoms with van der Waals surface area (Å²) in [7, 11) is 0. The number of Topliss-reactive ketones (excluding diaryl/α,β-unsaturated/α-hetero) is 1. The fourth-order valence-corrected chi connectivity index (χ4v) is 2.16. The Morgan fingerprint density at radius 3 is 2.87 bits per heavy atom. The third kappa shape index (κ3) is 2.30. The van der Waals surface area contributed by atoms with Gasteiger partial charge in [0.2, 0.25) is 0 Å². The Hall–Kier alpha value is -1.48. The molecule has 1 aromatic carbocycles. The highest BCUT2D eigenvalue weighted by Crippen LogP contribution is 2.16. The molecule has 0 aliphatic heterocycles. The van der Waals surface area contributed by atoms with E-state index >= 15 is 0 Å². The third-order valence-corrected chi connectivity index (χ3v) is 3.00. The van der Waals surface area contributed by atoms with Crippen molar-refractivity contribution in [1.29, 1.82) is 0 Å². The molecule has 0 radical (unpaired) electrons. The van der Waals surface area contributed by atoms with Crippen LogP contribution in [0.2, 0.25) is 0 Å². The molecule has 0 saturated heterocycles. The largest absolute Gasteiger partial charge is 0.295 e. The van der Waals surface area contributed by atoms with Crippen LogP contribution in [0.4, 0.5) is 0 Å². The number of aromatic nitrogens is 1. The van der Waals surface area contributed by atoms with Gasteiger partial charge < -0.3 is 0 Å². The SMILES string of the molecule is CC(=O)c1ccccc1Cc1nccs1. The van der Waals surface area contributed by atoms with E-state index in [1.54, 1.807) is 24.5 Å². The number of ketones is 1. The summed E-state index contributed by atoms with van der Waals surface area (Å²) in [6, 6.07) is 7.70. The van der Waals surface area contributed by atoms with Gasteiger partial charge in [-0.3, -0.25) is 4.79 Å². The molecule has 1 aromatic heterocycles. The van der Waals surface area contributed by atoms with Crippen molar-refractivity contribution < 1.29 is 4.79 Å². The van der Waals surface area contributed by atoms with Crippen molar-refractivity contribution in [2.75, 3.05) is 0 Å². The number of hydrogen-bond donors (Lipinski definition) is 0. The Bertz CT molecular complexity index is 462. The van der Waals surface area contributed by atoms with Crippen molar-refractivity contribution in [3.63, 3.8) is 0 Å². The van der Waals surface area contributed by atoms with Crippen molar-refractivity contribution >= 4 is 17.1 Å². The summed E-state index contributed by atoms with van der Waals surface area (Å²) in [5.41, 5.74) is 1.85. The number of hydrogen-bond acceptors (Lipinski definition) is 3. The summed E-state index contributed by atoms with van der Waals surface area (Å²) in [5, 5.41) is 3.00. The molecule has 0 aliphatic carbocycles. The third-order valence-electron chi connectivity index (χ3n) is 2.22. The van der Waals surface area contributed by atoms with Gasteiger partial charge in [-0.05, 0) is 12.5 Å². The molecule has 0 saturated carbocycles. The van der Waals surface area contributed by atoms with E-state index in [1.165, 1.54) is 0 Å². The summed E-state index contributed by atoms with van der Waals surface area (Å²) in [6.45, 7) is 1.60. The molecule has 0 N–H and O–H groups in total. The predicted octanol–water partition coefficient (Wildman–Crippen LogP) is 2.94. The molecule has 2 rings (SSSR count). The Morgan fingerprint density at radius 2 is 2.20 bits per heavy atom. The maximum absolute atomic E-state index is 11.4. The first-order valence-electron chi connectivity index (χ1n) is 4.74. The Morgan fingerprint density at radius 1 is 1.40 bits per heavy atom. The predicted molar refractivity (Wildman–Crippen MR) is 61.4 cm³/mol. The molecule has 0 atom stereocenters. The lowest BCUT2D eigenvalue weighted by Crippen LogP contribution is -1.99. The van der Waals surface area contributed by atoms with Gasteiger partial charge in [-0.2, -0.15) is 0 Å². The minimum atomic E-state index is 0.113. The average molecular weight is 217 g/mol. The first kappa shape index (κ1) is 10.1. The van der Waals surface area contributed by atoms with Crippen LogP contribution in [-0.4, -0.2) is 10.8 Å². The van der Waals surface area contributed by atoms with Crippen LogP contribution in [0.15, 0.2) is 35.8 Å². The van der Waals surface area contributed by atoms with Gasteiger partial charge in [-0.25, -0.2) is 4.98 Å². The fraction of sp³-hybridized carbons (Fsp3) is 0.167. The highest BCUT2D eigenvalue weighted by Gasteiger charge is 2.07. The average Bonchev–Trinajstić information content (AvgIpc) is 2.71. The van der Waals surface area contributed by atoms with Gasteiger partial charge in [-0.15, -0.1) is 11.3 Å². The summed E-state index contributed by atoms with van der Waals surface area (Å²) in [5.74, 6) is 0.113. The number of nitrogens with zero attached hydrogens (tertiary/aromatic N) is 1. The highest BCUT2D eigenvalue weighted by atomic mass is 32.1. The van der Waals surface area contributed by atoms with Crippen molar-refractivity contribution in [3.05, 3.63) is 52.0 Å². The molecule has 76 valence electrons. The van der Waals surface area contributed by atoms with E-state index in [9.17, 15) is 4.79 Å². The molecule has 15 heavy (non-hydrogen) atoms. The molecule has 2 nitrogen and oxygen atoms in total. The Labute approximate surface area is 92.6 Å². The number of benzene rings is 1. The second-order valence-electron chi connectivity index (χ2n) is 3.32. The molecular formula is C12H11NOS. The van der Waals surface area contributed by atoms with Crippen molar-refractivity contribution in [1.82, 2.24) is 4.98 Å². The van der Waals surface area contributed by atoms with Crippen molar-refractivity contribution in [3.8, 4) is 0 Å². The lowest BCUT2D eigenvalue weighted by atomic mass is 10.0. The van der Waals surface area contributed by atoms with Crippen LogP contribution in [0.1, 0.15) is 27.9 Å². The van der Waals surface area contributed by atoms with Gasteiger partial charge in [0.25, 0.3) is 0 Å². The number of rotatable bonds is 3. The first-order valence-corrected chi connectivity index (χ1v) is 5.62. The molecule has 0 aliphatic rings. The topological polar surface area (TPSA) is 30.0 Å². The van der Waals surface area contributed by atoms with E-state index < -0.39 is 0 Å². The number of carbonyl (C=O) groups is 1. The van der Waals surface area contributed by atoms with Crippen molar-refractivity contribution in [2.45, 2.75) is 13.3 Å². The molecule has 2 aromatic rings. The zero-order valence-electron chi connectivity index (χ0n) is 8.43. The Balaban J connectivity index is 2.32. The normalized spacial score (nSPS) is 10.2. The molecule has 0 amide bonds. The van der Waals surface area contributed by atoms with Crippen LogP contribution < -0.4 is 0 Å². The lowest BCUT2D eigenvalue weighted by Gasteiger charge is -2.03. The molecule has 0 fully saturated rings. The molecule has 0 bridgehead atoms. The van der Waals surface area contributed by atoms with Gasteiger partial charge in [0.15, 0.2) is 5.78 Å². The van der Waals surface area contributed by atoms with E-state index in [4.69, 9.17) is 0 Å². The van der Waals surface area contributed by atoms with Crippen LogP contribution in [0.3, 0.4) is 0 Å². The van der Waals surface area contributed by atoms with E-state index in [0.717, 1.165) is 22.6 Å². The van der Waals surface area contributed by atoms with Crippen LogP contribution in [-0.2, 0) is 6.42 Å². The maximum atomic E-state index is 11.4. The summed E-state index contributed by atoms with van der Waals surface area (Å²) < 4.78 is 0. The fourth-order valence-electron chi connectivity index (χ4n) is 1.52. The molecule has 1 heterocycles. The van der Waals surface area contributed by atoms with Gasteiger partial charge in [0.05, 0.1) is 5.01 Å².